The number of carbonyl (C=O) groups excluding carboxylic acids is 1. The van der Waals surface area contributed by atoms with Crippen LogP contribution in [0, 0.1) is 13.8 Å². The Morgan fingerprint density at radius 3 is 2.40 bits per heavy atom. The summed E-state index contributed by atoms with van der Waals surface area (Å²) in [6.07, 6.45) is 3.62. The Balaban J connectivity index is 1.81. The monoisotopic (exact) mass is 476 g/mol. The third-order valence-corrected chi connectivity index (χ3v) is 6.09. The zero-order valence-corrected chi connectivity index (χ0v) is 20.8. The number of carbonyl (C=O) groups is 1. The molecule has 0 unspecified atom stereocenters. The highest BCUT2D eigenvalue weighted by Gasteiger charge is 2.25. The van der Waals surface area contributed by atoms with Gasteiger partial charge in [-0.3, -0.25) is 9.59 Å². The molecule has 1 aliphatic carbocycles. The van der Waals surface area contributed by atoms with Crippen molar-refractivity contribution in [2.24, 2.45) is 7.05 Å². The second kappa shape index (κ2) is 9.58. The number of pyridine rings is 1. The SMILES string of the molecule is Cc1cccc(C)c1Oc1ccc(C(C)(C)O)cc1-c1cn(C)c(=O)cc1OCC(=O)NC1CC1. The van der Waals surface area contributed by atoms with Crippen LogP contribution >= 0.6 is 0 Å². The molecule has 0 atom stereocenters. The van der Waals surface area contributed by atoms with Gasteiger partial charge < -0.3 is 24.5 Å². The van der Waals surface area contributed by atoms with Crippen LogP contribution in [0.2, 0.25) is 0 Å². The molecule has 1 aromatic heterocycles. The van der Waals surface area contributed by atoms with E-state index in [2.05, 4.69) is 5.32 Å². The van der Waals surface area contributed by atoms with E-state index in [0.29, 0.717) is 22.4 Å². The number of hydrogen-bond donors (Lipinski definition) is 2. The predicted molar refractivity (Wildman–Crippen MR) is 135 cm³/mol. The molecule has 0 saturated heterocycles. The van der Waals surface area contributed by atoms with Crippen LogP contribution < -0.4 is 20.3 Å². The number of hydrogen-bond acceptors (Lipinski definition) is 5. The van der Waals surface area contributed by atoms with E-state index in [4.69, 9.17) is 9.47 Å². The van der Waals surface area contributed by atoms with E-state index in [9.17, 15) is 14.7 Å². The molecule has 7 heteroatoms. The zero-order valence-electron chi connectivity index (χ0n) is 20.8. The number of ether oxygens (including phenoxy) is 2. The Morgan fingerprint density at radius 1 is 1.09 bits per heavy atom. The molecule has 0 radical (unpaired) electrons. The maximum atomic E-state index is 12.5. The summed E-state index contributed by atoms with van der Waals surface area (Å²) < 4.78 is 13.7. The van der Waals surface area contributed by atoms with Crippen LogP contribution in [0.5, 0.6) is 17.2 Å². The Morgan fingerprint density at radius 2 is 1.77 bits per heavy atom. The van der Waals surface area contributed by atoms with E-state index in [1.54, 1.807) is 27.1 Å². The van der Waals surface area contributed by atoms with Crippen LogP contribution in [0.4, 0.5) is 0 Å². The Labute approximate surface area is 205 Å². The number of rotatable bonds is 8. The van der Waals surface area contributed by atoms with Gasteiger partial charge in [-0.1, -0.05) is 24.3 Å². The van der Waals surface area contributed by atoms with Gasteiger partial charge in [0.2, 0.25) is 0 Å². The highest BCUT2D eigenvalue weighted by Crippen LogP contribution is 2.41. The van der Waals surface area contributed by atoms with Crippen LogP contribution in [0.1, 0.15) is 43.4 Å². The van der Waals surface area contributed by atoms with Gasteiger partial charge in [-0.2, -0.15) is 0 Å². The molecule has 2 N–H and O–H groups in total. The number of amides is 1. The lowest BCUT2D eigenvalue weighted by molar-refractivity contribution is -0.123. The van der Waals surface area contributed by atoms with Crippen molar-refractivity contribution in [3.63, 3.8) is 0 Å². The molecule has 184 valence electrons. The molecule has 1 amide bonds. The quantitative estimate of drug-likeness (QED) is 0.505. The summed E-state index contributed by atoms with van der Waals surface area (Å²) in [5.41, 5.74) is 2.50. The molecule has 1 heterocycles. The second-order valence-electron chi connectivity index (χ2n) is 9.72. The van der Waals surface area contributed by atoms with Crippen LogP contribution in [-0.4, -0.2) is 28.2 Å². The number of aryl methyl sites for hydroxylation is 3. The van der Waals surface area contributed by atoms with Crippen LogP contribution in [-0.2, 0) is 17.4 Å². The lowest BCUT2D eigenvalue weighted by Crippen LogP contribution is -2.30. The van der Waals surface area contributed by atoms with Crippen LogP contribution in [0.3, 0.4) is 0 Å². The molecule has 1 aliphatic rings. The largest absolute Gasteiger partial charge is 0.483 e. The average molecular weight is 477 g/mol. The number of nitrogens with zero attached hydrogens (tertiary/aromatic N) is 1. The Kier molecular flexibility index (Phi) is 6.72. The number of nitrogens with one attached hydrogen (secondary N) is 1. The summed E-state index contributed by atoms with van der Waals surface area (Å²) in [5, 5.41) is 13.6. The molecule has 3 aromatic rings. The van der Waals surface area contributed by atoms with E-state index in [1.165, 1.54) is 10.6 Å². The molecule has 4 rings (SSSR count). The Hall–Kier alpha value is -3.58. The minimum Gasteiger partial charge on any atom is -0.483 e. The van der Waals surface area contributed by atoms with E-state index >= 15 is 0 Å². The van der Waals surface area contributed by atoms with Gasteiger partial charge in [-0.15, -0.1) is 0 Å². The normalized spacial score (nSPS) is 13.4. The molecule has 7 nitrogen and oxygen atoms in total. The van der Waals surface area contributed by atoms with Gasteiger partial charge >= 0.3 is 0 Å². The fraction of sp³-hybridized carbons (Fsp3) is 0.357. The van der Waals surface area contributed by atoms with Crippen molar-refractivity contribution in [2.45, 2.75) is 52.2 Å². The fourth-order valence-electron chi connectivity index (χ4n) is 3.85. The maximum absolute atomic E-state index is 12.5. The second-order valence-corrected chi connectivity index (χ2v) is 9.72. The van der Waals surface area contributed by atoms with Crippen molar-refractivity contribution in [3.8, 4) is 28.4 Å². The van der Waals surface area contributed by atoms with Gasteiger partial charge in [-0.25, -0.2) is 0 Å². The molecule has 2 aromatic carbocycles. The van der Waals surface area contributed by atoms with E-state index in [0.717, 1.165) is 29.7 Å². The lowest BCUT2D eigenvalue weighted by atomic mass is 9.93. The number of para-hydroxylation sites is 1. The van der Waals surface area contributed by atoms with Gasteiger partial charge in [-0.05, 0) is 69.4 Å². The molecule has 0 bridgehead atoms. The smallest absolute Gasteiger partial charge is 0.258 e. The standard InChI is InChI=1S/C28H32N2O5/c1-17-7-6-8-18(2)27(17)35-23-12-9-19(28(3,4)33)13-21(23)22-15-30(5)26(32)14-24(22)34-16-25(31)29-20-10-11-20/h6-9,12-15,20,33H,10-11,16H2,1-5H3,(H,29,31). The number of aliphatic hydroxyl groups is 1. The summed E-state index contributed by atoms with van der Waals surface area (Å²) >= 11 is 0. The Bertz CT molecular complexity index is 1300. The third-order valence-electron chi connectivity index (χ3n) is 6.09. The van der Waals surface area contributed by atoms with Gasteiger partial charge in [0.05, 0.1) is 5.60 Å². The van der Waals surface area contributed by atoms with Crippen molar-refractivity contribution in [1.29, 1.82) is 0 Å². The van der Waals surface area contributed by atoms with Crippen LogP contribution in [0.25, 0.3) is 11.1 Å². The predicted octanol–water partition coefficient (Wildman–Crippen LogP) is 4.35. The highest BCUT2D eigenvalue weighted by molar-refractivity contribution is 5.80. The van der Waals surface area contributed by atoms with Crippen molar-refractivity contribution in [1.82, 2.24) is 9.88 Å². The average Bonchev–Trinajstić information content (AvgIpc) is 3.60. The van der Waals surface area contributed by atoms with Gasteiger partial charge in [0, 0.05) is 36.5 Å². The lowest BCUT2D eigenvalue weighted by Gasteiger charge is -2.22. The molecule has 1 fully saturated rings. The van der Waals surface area contributed by atoms with E-state index in [1.807, 2.05) is 50.2 Å². The van der Waals surface area contributed by atoms with Crippen molar-refractivity contribution in [2.75, 3.05) is 6.61 Å². The third kappa shape index (κ3) is 5.74. The topological polar surface area (TPSA) is 89.8 Å². The van der Waals surface area contributed by atoms with Gasteiger partial charge in [0.25, 0.3) is 11.5 Å². The number of benzene rings is 2. The molecular formula is C28H32N2O5. The van der Waals surface area contributed by atoms with Crippen LogP contribution in [0.15, 0.2) is 53.5 Å². The maximum Gasteiger partial charge on any atom is 0.258 e. The molecular weight excluding hydrogens is 444 g/mol. The first-order valence-corrected chi connectivity index (χ1v) is 11.8. The fourth-order valence-corrected chi connectivity index (χ4v) is 3.85. The van der Waals surface area contributed by atoms with E-state index in [-0.39, 0.29) is 29.9 Å². The molecule has 0 spiro atoms. The first kappa shape index (κ1) is 24.5. The molecule has 1 saturated carbocycles. The minimum atomic E-state index is -1.10. The minimum absolute atomic E-state index is 0.199. The first-order chi connectivity index (χ1) is 16.5. The summed E-state index contributed by atoms with van der Waals surface area (Å²) in [7, 11) is 1.65. The molecule has 35 heavy (non-hydrogen) atoms. The summed E-state index contributed by atoms with van der Waals surface area (Å²) in [4.78, 5) is 24.7. The van der Waals surface area contributed by atoms with Gasteiger partial charge in [0.1, 0.15) is 17.2 Å². The van der Waals surface area contributed by atoms with E-state index < -0.39 is 5.60 Å². The summed E-state index contributed by atoms with van der Waals surface area (Å²) in [5.74, 6) is 1.33. The zero-order chi connectivity index (χ0) is 25.3. The molecule has 0 aliphatic heterocycles. The first-order valence-electron chi connectivity index (χ1n) is 11.8. The van der Waals surface area contributed by atoms with Crippen molar-refractivity contribution in [3.05, 3.63) is 75.7 Å². The number of aromatic nitrogens is 1. The van der Waals surface area contributed by atoms with Gasteiger partial charge in [0.15, 0.2) is 6.61 Å². The van der Waals surface area contributed by atoms with Crippen molar-refractivity contribution >= 4 is 5.91 Å². The summed E-state index contributed by atoms with van der Waals surface area (Å²) in [6, 6.07) is 13.0. The highest BCUT2D eigenvalue weighted by atomic mass is 16.5. The van der Waals surface area contributed by atoms with Crippen molar-refractivity contribution < 1.29 is 19.4 Å². The summed E-state index contributed by atoms with van der Waals surface area (Å²) in [6.45, 7) is 7.17.